The van der Waals surface area contributed by atoms with Crippen LogP contribution < -0.4 is 9.13 Å². The van der Waals surface area contributed by atoms with Gasteiger partial charge in [-0.3, -0.25) is 14.6 Å². The Balaban J connectivity index is 0.000000130. The maximum absolute atomic E-state index is 12.5. The van der Waals surface area contributed by atoms with Gasteiger partial charge in [0.15, 0.2) is 28.3 Å². The summed E-state index contributed by atoms with van der Waals surface area (Å²) in [6.07, 6.45) is 5.95. The van der Waals surface area contributed by atoms with E-state index < -0.39 is 11.7 Å². The number of fused-ring (bicyclic) bond motifs is 13. The summed E-state index contributed by atoms with van der Waals surface area (Å²) in [5, 5.41) is 29.3. The van der Waals surface area contributed by atoms with Crippen LogP contribution in [0.4, 0.5) is 13.2 Å². The number of halogens is 3. The van der Waals surface area contributed by atoms with Crippen molar-refractivity contribution in [3.63, 3.8) is 0 Å². The van der Waals surface area contributed by atoms with Crippen molar-refractivity contribution in [2.45, 2.75) is 93.9 Å². The van der Waals surface area contributed by atoms with E-state index in [1.807, 2.05) is 135 Å². The fourth-order valence-electron chi connectivity index (χ4n) is 18.2. The van der Waals surface area contributed by atoms with Crippen LogP contribution in [0.5, 0.6) is 0 Å². The number of allylic oxidation sites excluding steroid dienone is 4. The number of benzene rings is 14. The van der Waals surface area contributed by atoms with E-state index in [2.05, 4.69) is 303 Å². The molecule has 0 unspecified atom stereocenters. The number of hydrogen-bond acceptors (Lipinski definition) is 8. The molecule has 9 heterocycles. The second-order valence-electron chi connectivity index (χ2n) is 34.3. The van der Waals surface area contributed by atoms with E-state index in [0.29, 0.717) is 11.3 Å². The van der Waals surface area contributed by atoms with Gasteiger partial charge in [-0.05, 0) is 198 Å². The van der Waals surface area contributed by atoms with Gasteiger partial charge in [-0.25, -0.2) is 9.13 Å². The molecule has 0 atom stereocenters. The molecule has 21 aromatic rings. The first-order chi connectivity index (χ1) is 65.3. The smallest absolute Gasteiger partial charge is 0.381 e. The summed E-state index contributed by atoms with van der Waals surface area (Å²) < 4.78 is 47.3. The van der Waals surface area contributed by atoms with Gasteiger partial charge in [-0.2, -0.15) is 22.1 Å². The molecule has 24 rings (SSSR count). The molecule has 0 bridgehead atoms. The third kappa shape index (κ3) is 21.4. The summed E-state index contributed by atoms with van der Waals surface area (Å²) >= 11 is 0. The Morgan fingerprint density at radius 2 is 1.04 bits per heavy atom. The molecule has 3 radical (unpaired) electrons. The first-order valence-electron chi connectivity index (χ1n) is 44.7. The molecule has 0 spiro atoms. The van der Waals surface area contributed by atoms with Gasteiger partial charge in [0.2, 0.25) is 0 Å². The Hall–Kier alpha value is -14.4. The number of pyridine rings is 5. The Bertz CT molecular complexity index is 8050. The molecule has 14 aromatic carbocycles. The number of carbonyl (C=O) groups is 2. The number of rotatable bonds is 7. The van der Waals surface area contributed by atoms with Crippen LogP contribution in [0.15, 0.2) is 382 Å². The number of para-hydroxylation sites is 3. The number of aliphatic hydroxyl groups excluding tert-OH is 2. The Morgan fingerprint density at radius 3 is 1.72 bits per heavy atom. The molecule has 3 aliphatic rings. The van der Waals surface area contributed by atoms with Crippen molar-refractivity contribution in [2.24, 2.45) is 0 Å². The normalized spacial score (nSPS) is 12.0. The Morgan fingerprint density at radius 1 is 0.464 bits per heavy atom. The molecule has 0 amide bonds. The van der Waals surface area contributed by atoms with Crippen LogP contribution in [0.1, 0.15) is 91.6 Å². The number of aryl methyl sites for hydroxylation is 4. The molecule has 691 valence electrons. The van der Waals surface area contributed by atoms with E-state index in [4.69, 9.17) is 10.2 Å². The molecule has 2 N–H and O–H groups in total. The van der Waals surface area contributed by atoms with E-state index in [1.165, 1.54) is 189 Å². The van der Waals surface area contributed by atoms with Crippen LogP contribution in [0.2, 0.25) is 0 Å². The van der Waals surface area contributed by atoms with Crippen molar-refractivity contribution in [1.29, 1.82) is 0 Å². The van der Waals surface area contributed by atoms with Crippen molar-refractivity contribution < 1.29 is 102 Å². The van der Waals surface area contributed by atoms with Gasteiger partial charge in [0, 0.05) is 124 Å². The predicted molar refractivity (Wildman–Crippen MR) is 539 cm³/mol. The second kappa shape index (κ2) is 43.7. The van der Waals surface area contributed by atoms with Crippen molar-refractivity contribution >= 4 is 93.1 Å². The first-order valence-corrected chi connectivity index (χ1v) is 44.7. The van der Waals surface area contributed by atoms with Crippen molar-refractivity contribution in [3.05, 3.63) is 456 Å². The minimum absolute atomic E-state index is 0. The number of nitrogens with zero attached hydrogens (tertiary/aromatic N) is 8. The summed E-state index contributed by atoms with van der Waals surface area (Å²) in [5.41, 5.74) is 28.6. The zero-order valence-corrected chi connectivity index (χ0v) is 84.7. The predicted octanol–water partition coefficient (Wildman–Crippen LogP) is 28.3. The van der Waals surface area contributed by atoms with Crippen LogP contribution in [-0.4, -0.2) is 50.7 Å². The summed E-state index contributed by atoms with van der Waals surface area (Å²) in [6.45, 7) is 20.8. The van der Waals surface area contributed by atoms with Crippen molar-refractivity contribution in [3.8, 4) is 73.4 Å². The number of aromatic nitrogens is 8. The Kier molecular flexibility index (Phi) is 31.5. The average molecular weight is 2350 g/mol. The van der Waals surface area contributed by atoms with E-state index in [0.717, 1.165) is 69.9 Å². The fraction of sp³-hybridized carbons (Fsp3) is 0.117. The zero-order chi connectivity index (χ0) is 94.2. The number of carbonyl (C=O) groups excluding carboxylic acids is 2. The van der Waals surface area contributed by atoms with Crippen molar-refractivity contribution in [2.75, 3.05) is 0 Å². The van der Waals surface area contributed by atoms with Crippen LogP contribution >= 0.6 is 0 Å². The zero-order valence-electron chi connectivity index (χ0n) is 77.6. The summed E-state index contributed by atoms with van der Waals surface area (Å²) in [6, 6.07) is 125. The number of alkyl halides is 3. The van der Waals surface area contributed by atoms with E-state index in [-0.39, 0.29) is 88.8 Å². The average Bonchev–Trinajstić information content (AvgIpc) is 1.53. The van der Waals surface area contributed by atoms with Gasteiger partial charge in [0.05, 0.1) is 28.0 Å². The largest absolute Gasteiger partial charge is 0.512 e. The SMILES string of the molecule is CC(=O)C=C(C)O.CC(=O)C=C(C)O.CC1(C)c2ccc[c-]c2-c2nccc3cccc1c23.Cc1ccc(-c2[c-]cccc2)nc1.Cc1ccc2c(c1)c1cccc3c1c1n2c(-c2c(C)cccc2C)c[n+]1C3.FC(F)(F)c1c[c-]c(-c2ccc3ccccc3n2)cc1.[Ir].[Ir].[Ir].[c-]1ccccc1-c1nccc2ccccc12.c1ccc2c(c1)C[n+]1c-2n(-c2cccc3ccccc23)c2ccccc21. The molecule has 0 fully saturated rings. The third-order valence-corrected chi connectivity index (χ3v) is 24.2. The van der Waals surface area contributed by atoms with Crippen molar-refractivity contribution in [1.82, 2.24) is 28.9 Å². The molecule has 2 aliphatic heterocycles. The molecule has 1 aliphatic carbocycles. The molecular weight excluding hydrogens is 2250 g/mol. The summed E-state index contributed by atoms with van der Waals surface area (Å²) in [7, 11) is 0. The van der Waals surface area contributed by atoms with Gasteiger partial charge in [-0.15, -0.1) is 137 Å². The minimum atomic E-state index is -4.34. The molecule has 18 heteroatoms. The topological polar surface area (TPSA) is 143 Å². The molecule has 0 saturated heterocycles. The third-order valence-electron chi connectivity index (χ3n) is 24.2. The minimum Gasteiger partial charge on any atom is -0.512 e. The second-order valence-corrected chi connectivity index (χ2v) is 34.3. The van der Waals surface area contributed by atoms with E-state index in [9.17, 15) is 22.8 Å². The molecular formula is C120H97F3Ir3N8O4-2. The van der Waals surface area contributed by atoms with Gasteiger partial charge in [-0.1, -0.05) is 214 Å². The van der Waals surface area contributed by atoms with Crippen LogP contribution in [-0.2, 0) is 94.6 Å². The van der Waals surface area contributed by atoms with Gasteiger partial charge in [0.25, 0.3) is 11.5 Å². The standard InChI is InChI=1S/C25H21N2.C24H17N2.C18H14N.C16H9F3N.C15H10N.C12H10N.2C5H8O2.3Ir/c1-15-10-11-21-20(12-15)19-9-5-8-18-13-26-14-22(27(21)25(26)24(18)19)23-16(2)6-4-7-17(23)3;1-3-11-19-17(8-1)10-7-15-21(19)26-23-14-6-5-13-22(23)25-16-18-9-2-4-12-20(18)24(25)26;1-18(2)14-8-4-3-7-13(14)17-16-12(10-11-19-17)6-5-9-15(16)18;17-16(18,19)13-8-5-12(6-9-13)15-10-7-11-3-1-2-4-14(11)20-15;1-2-7-13(8-3-1)15-14-9-5-4-6-12(14)10-11-16-15;1-10-7-8-12(13-9-10)11-5-3-2-4-6-11;2*1-4(6)3-5(2)7;;;/h4-12,14H,13H2,1-3H3;1-15H,16H2;3-6,8-11H,1-2H3;1-5,7-10H;1-7,9-11H;2-5,7-9H,1H3;2*3,6H,1-2H3;;;/q2*+1;4*-1;;;;;. The maximum Gasteiger partial charge on any atom is 0.381 e. The summed E-state index contributed by atoms with van der Waals surface area (Å²) in [4.78, 5) is 37.8. The van der Waals surface area contributed by atoms with Crippen LogP contribution in [0.3, 0.4) is 0 Å². The number of ketones is 2. The quantitative estimate of drug-likeness (QED) is 0.0528. The number of hydrogen-bond donors (Lipinski definition) is 2. The first kappa shape index (κ1) is 99.5. The number of aliphatic hydroxyl groups is 2. The van der Waals surface area contributed by atoms with Gasteiger partial charge in [0.1, 0.15) is 30.5 Å². The summed E-state index contributed by atoms with van der Waals surface area (Å²) in [5.74, 6) is 1.15. The molecule has 7 aromatic heterocycles. The van der Waals surface area contributed by atoms with Gasteiger partial charge >= 0.3 is 6.18 Å². The van der Waals surface area contributed by atoms with Crippen LogP contribution in [0.25, 0.3) is 155 Å². The monoisotopic (exact) mass is 2350 g/mol. The Labute approximate surface area is 841 Å². The fourth-order valence-corrected chi connectivity index (χ4v) is 18.2. The van der Waals surface area contributed by atoms with E-state index >= 15 is 0 Å². The van der Waals surface area contributed by atoms with Gasteiger partial charge < -0.3 is 25.2 Å². The number of imidazole rings is 2. The maximum atomic E-state index is 12.5. The molecule has 138 heavy (non-hydrogen) atoms. The van der Waals surface area contributed by atoms with Crippen LogP contribution in [0, 0.1) is 52.0 Å². The molecule has 0 saturated carbocycles. The van der Waals surface area contributed by atoms with E-state index in [1.54, 1.807) is 6.07 Å². The molecule has 12 nitrogen and oxygen atoms in total.